The van der Waals surface area contributed by atoms with Gasteiger partial charge in [0.1, 0.15) is 0 Å². The molecule has 15 heavy (non-hydrogen) atoms. The summed E-state index contributed by atoms with van der Waals surface area (Å²) < 4.78 is 0. The molecule has 0 aromatic carbocycles. The highest BCUT2D eigenvalue weighted by atomic mass is 16.1. The molecule has 1 unspecified atom stereocenters. The fourth-order valence-electron chi connectivity index (χ4n) is 0.975. The molecule has 0 rings (SSSR count). The number of carbonyl (C=O) groups excluding carboxylic acids is 1. The SMILES string of the molecule is CCNCC(C)C(=O)NCC(C)(C)C#N. The third kappa shape index (κ3) is 6.08. The topological polar surface area (TPSA) is 64.9 Å². The van der Waals surface area contributed by atoms with Crippen LogP contribution in [0.5, 0.6) is 0 Å². The summed E-state index contributed by atoms with van der Waals surface area (Å²) in [4.78, 5) is 11.6. The minimum absolute atomic E-state index is 0.000671. The molecule has 1 amide bonds. The Bertz CT molecular complexity index is 243. The van der Waals surface area contributed by atoms with Crippen molar-refractivity contribution in [2.75, 3.05) is 19.6 Å². The van der Waals surface area contributed by atoms with E-state index in [0.29, 0.717) is 13.1 Å². The molecule has 4 heteroatoms. The molecule has 0 aromatic heterocycles. The minimum Gasteiger partial charge on any atom is -0.354 e. The van der Waals surface area contributed by atoms with Crippen molar-refractivity contribution >= 4 is 5.91 Å². The first-order valence-electron chi connectivity index (χ1n) is 5.32. The van der Waals surface area contributed by atoms with Gasteiger partial charge in [0.05, 0.1) is 11.5 Å². The van der Waals surface area contributed by atoms with E-state index in [9.17, 15) is 4.79 Å². The van der Waals surface area contributed by atoms with Crippen LogP contribution >= 0.6 is 0 Å². The van der Waals surface area contributed by atoms with E-state index in [2.05, 4.69) is 16.7 Å². The van der Waals surface area contributed by atoms with Gasteiger partial charge in [-0.15, -0.1) is 0 Å². The van der Waals surface area contributed by atoms with Crippen molar-refractivity contribution < 1.29 is 4.79 Å². The normalized spacial score (nSPS) is 13.0. The molecular weight excluding hydrogens is 190 g/mol. The monoisotopic (exact) mass is 211 g/mol. The second kappa shape index (κ2) is 6.41. The van der Waals surface area contributed by atoms with E-state index in [4.69, 9.17) is 5.26 Å². The summed E-state index contributed by atoms with van der Waals surface area (Å²) in [6.07, 6.45) is 0. The molecule has 4 nitrogen and oxygen atoms in total. The highest BCUT2D eigenvalue weighted by Gasteiger charge is 2.19. The lowest BCUT2D eigenvalue weighted by Crippen LogP contribution is -2.39. The molecule has 2 N–H and O–H groups in total. The van der Waals surface area contributed by atoms with E-state index >= 15 is 0 Å². The van der Waals surface area contributed by atoms with Crippen LogP contribution in [0.3, 0.4) is 0 Å². The Morgan fingerprint density at radius 3 is 2.60 bits per heavy atom. The van der Waals surface area contributed by atoms with Gasteiger partial charge in [0.15, 0.2) is 0 Å². The average Bonchev–Trinajstić information content (AvgIpc) is 2.22. The Kier molecular flexibility index (Phi) is 5.95. The molecule has 0 saturated heterocycles. The summed E-state index contributed by atoms with van der Waals surface area (Å²) >= 11 is 0. The maximum absolute atomic E-state index is 11.6. The summed E-state index contributed by atoms with van der Waals surface area (Å²) in [5.74, 6) is -0.0567. The largest absolute Gasteiger partial charge is 0.354 e. The summed E-state index contributed by atoms with van der Waals surface area (Å²) in [7, 11) is 0. The van der Waals surface area contributed by atoms with Gasteiger partial charge < -0.3 is 10.6 Å². The number of amides is 1. The third-order valence-corrected chi connectivity index (χ3v) is 2.16. The molecule has 0 heterocycles. The maximum atomic E-state index is 11.6. The molecule has 1 atom stereocenters. The van der Waals surface area contributed by atoms with Gasteiger partial charge in [0, 0.05) is 19.0 Å². The molecule has 0 saturated carbocycles. The lowest BCUT2D eigenvalue weighted by Gasteiger charge is -2.18. The number of rotatable bonds is 6. The Morgan fingerprint density at radius 1 is 1.53 bits per heavy atom. The Morgan fingerprint density at radius 2 is 2.13 bits per heavy atom. The second-order valence-electron chi connectivity index (χ2n) is 4.42. The molecule has 0 aromatic rings. The molecular formula is C11H21N3O. The zero-order valence-corrected chi connectivity index (χ0v) is 10.1. The number of nitrogens with one attached hydrogen (secondary N) is 2. The van der Waals surface area contributed by atoms with Gasteiger partial charge >= 0.3 is 0 Å². The zero-order chi connectivity index (χ0) is 11.9. The van der Waals surface area contributed by atoms with Crippen LogP contribution < -0.4 is 10.6 Å². The van der Waals surface area contributed by atoms with Crippen LogP contribution in [0, 0.1) is 22.7 Å². The lowest BCUT2D eigenvalue weighted by atomic mass is 9.96. The van der Waals surface area contributed by atoms with Gasteiger partial charge in [-0.2, -0.15) is 5.26 Å². The van der Waals surface area contributed by atoms with Gasteiger partial charge in [-0.05, 0) is 20.4 Å². The number of nitriles is 1. The van der Waals surface area contributed by atoms with Crippen molar-refractivity contribution in [3.05, 3.63) is 0 Å². The van der Waals surface area contributed by atoms with Crippen molar-refractivity contribution in [3.63, 3.8) is 0 Å². The highest BCUT2D eigenvalue weighted by molar-refractivity contribution is 5.78. The quantitative estimate of drug-likeness (QED) is 0.686. The Balaban J connectivity index is 3.89. The van der Waals surface area contributed by atoms with Crippen LogP contribution in [0.1, 0.15) is 27.7 Å². The van der Waals surface area contributed by atoms with Crippen LogP contribution in [0.2, 0.25) is 0 Å². The van der Waals surface area contributed by atoms with Crippen LogP contribution in [-0.4, -0.2) is 25.5 Å². The third-order valence-electron chi connectivity index (χ3n) is 2.16. The van der Waals surface area contributed by atoms with Gasteiger partial charge in [0.25, 0.3) is 0 Å². The maximum Gasteiger partial charge on any atom is 0.224 e. The second-order valence-corrected chi connectivity index (χ2v) is 4.42. The minimum atomic E-state index is -0.492. The molecule has 0 aliphatic carbocycles. The van der Waals surface area contributed by atoms with E-state index in [1.807, 2.05) is 27.7 Å². The van der Waals surface area contributed by atoms with Crippen molar-refractivity contribution in [3.8, 4) is 6.07 Å². The van der Waals surface area contributed by atoms with Crippen LogP contribution in [0.4, 0.5) is 0 Å². The van der Waals surface area contributed by atoms with E-state index in [0.717, 1.165) is 6.54 Å². The van der Waals surface area contributed by atoms with Gasteiger partial charge in [-0.25, -0.2) is 0 Å². The first kappa shape index (κ1) is 13.9. The van der Waals surface area contributed by atoms with E-state index in [1.54, 1.807) is 0 Å². The van der Waals surface area contributed by atoms with Crippen LogP contribution in [0.15, 0.2) is 0 Å². The number of carbonyl (C=O) groups is 1. The van der Waals surface area contributed by atoms with Crippen molar-refractivity contribution in [2.24, 2.45) is 11.3 Å². The highest BCUT2D eigenvalue weighted by Crippen LogP contribution is 2.10. The fraction of sp³-hybridized carbons (Fsp3) is 0.818. The standard InChI is InChI=1S/C11H21N3O/c1-5-13-6-9(2)10(15)14-8-11(3,4)7-12/h9,13H,5-6,8H2,1-4H3,(H,14,15). The molecule has 0 bridgehead atoms. The van der Waals surface area contributed by atoms with Gasteiger partial charge in [0.2, 0.25) is 5.91 Å². The molecule has 86 valence electrons. The van der Waals surface area contributed by atoms with Crippen molar-refractivity contribution in [1.82, 2.24) is 10.6 Å². The number of hydrogen-bond acceptors (Lipinski definition) is 3. The van der Waals surface area contributed by atoms with Crippen molar-refractivity contribution in [2.45, 2.75) is 27.7 Å². The van der Waals surface area contributed by atoms with E-state index in [1.165, 1.54) is 0 Å². The van der Waals surface area contributed by atoms with Crippen LogP contribution in [0.25, 0.3) is 0 Å². The molecule has 0 radical (unpaired) electrons. The molecule has 0 spiro atoms. The first-order valence-corrected chi connectivity index (χ1v) is 5.32. The number of hydrogen-bond donors (Lipinski definition) is 2. The molecule has 0 fully saturated rings. The van der Waals surface area contributed by atoms with Gasteiger partial charge in [-0.1, -0.05) is 13.8 Å². The Hall–Kier alpha value is -1.08. The first-order chi connectivity index (χ1) is 6.93. The van der Waals surface area contributed by atoms with E-state index in [-0.39, 0.29) is 11.8 Å². The van der Waals surface area contributed by atoms with E-state index < -0.39 is 5.41 Å². The summed E-state index contributed by atoms with van der Waals surface area (Å²) in [6.45, 7) is 9.43. The Labute approximate surface area is 92.0 Å². The number of nitrogens with zero attached hydrogens (tertiary/aromatic N) is 1. The molecule has 0 aliphatic rings. The predicted octanol–water partition coefficient (Wildman–Crippen LogP) is 0.898. The summed E-state index contributed by atoms with van der Waals surface area (Å²) in [5, 5.41) is 14.7. The smallest absolute Gasteiger partial charge is 0.224 e. The molecule has 0 aliphatic heterocycles. The lowest BCUT2D eigenvalue weighted by molar-refractivity contribution is -0.124. The fourth-order valence-corrected chi connectivity index (χ4v) is 0.975. The van der Waals surface area contributed by atoms with Crippen molar-refractivity contribution in [1.29, 1.82) is 5.26 Å². The zero-order valence-electron chi connectivity index (χ0n) is 10.1. The van der Waals surface area contributed by atoms with Gasteiger partial charge in [-0.3, -0.25) is 4.79 Å². The van der Waals surface area contributed by atoms with Crippen LogP contribution in [-0.2, 0) is 4.79 Å². The summed E-state index contributed by atoms with van der Waals surface area (Å²) in [5.41, 5.74) is -0.492. The summed E-state index contributed by atoms with van der Waals surface area (Å²) in [6, 6.07) is 2.15. The average molecular weight is 211 g/mol. The predicted molar refractivity (Wildman–Crippen MR) is 60.1 cm³/mol.